The minimum Gasteiger partial charge on any atom is -0.449 e. The fraction of sp³-hybridized carbons (Fsp3) is 0.0833. The van der Waals surface area contributed by atoms with Crippen LogP contribution in [0.15, 0.2) is 162 Å². The molecule has 2 aliphatic heterocycles. The molecule has 0 saturated carbocycles. The minimum atomic E-state index is -0.311. The van der Waals surface area contributed by atoms with Gasteiger partial charge in [0.25, 0.3) is 0 Å². The first-order valence-electron chi connectivity index (χ1n) is 18.2. The van der Waals surface area contributed by atoms with E-state index < -0.39 is 0 Å². The maximum absolute atomic E-state index is 6.56. The number of fused-ring (bicyclic) bond motifs is 8. The number of nitrogens with one attached hydrogen (secondary N) is 1. The van der Waals surface area contributed by atoms with Crippen LogP contribution in [-0.4, -0.2) is 11.7 Å². The molecule has 7 aromatic carbocycles. The highest BCUT2D eigenvalue weighted by molar-refractivity contribution is 7.25. The van der Waals surface area contributed by atoms with E-state index in [1.54, 1.807) is 0 Å². The highest BCUT2D eigenvalue weighted by atomic mass is 32.1. The van der Waals surface area contributed by atoms with Crippen LogP contribution in [0.3, 0.4) is 0 Å². The fourth-order valence-electron chi connectivity index (χ4n) is 8.17. The molecule has 6 heteroatoms. The van der Waals surface area contributed by atoms with Gasteiger partial charge >= 0.3 is 0 Å². The summed E-state index contributed by atoms with van der Waals surface area (Å²) >= 11 is 1.81. The van der Waals surface area contributed by atoms with Crippen molar-refractivity contribution in [1.29, 1.82) is 0 Å². The van der Waals surface area contributed by atoms with Crippen molar-refractivity contribution in [2.75, 3.05) is 0 Å². The second-order valence-corrected chi connectivity index (χ2v) is 15.7. The Hall–Kier alpha value is -6.50. The molecular weight excluding hydrogens is 683 g/mol. The summed E-state index contributed by atoms with van der Waals surface area (Å²) in [6, 6.07) is 53.1. The maximum Gasteiger partial charge on any atom is 0.170 e. The van der Waals surface area contributed by atoms with Crippen molar-refractivity contribution in [2.45, 2.75) is 25.4 Å². The van der Waals surface area contributed by atoms with Crippen LogP contribution in [0.4, 0.5) is 0 Å². The van der Waals surface area contributed by atoms with Gasteiger partial charge in [0, 0.05) is 36.7 Å². The Bertz CT molecular complexity index is 2890. The average Bonchev–Trinajstić information content (AvgIpc) is 3.70. The third-order valence-electron chi connectivity index (χ3n) is 11.0. The molecular formula is C48H33N3O2S. The lowest BCUT2D eigenvalue weighted by atomic mass is 9.82. The van der Waals surface area contributed by atoms with Gasteiger partial charge in [0.2, 0.25) is 0 Å². The van der Waals surface area contributed by atoms with E-state index in [1.807, 2.05) is 35.6 Å². The summed E-state index contributed by atoms with van der Waals surface area (Å²) in [5.41, 5.74) is 10.1. The van der Waals surface area contributed by atoms with Gasteiger partial charge in [-0.05, 0) is 75.3 Å². The minimum absolute atomic E-state index is 0.118. The van der Waals surface area contributed by atoms with Gasteiger partial charge in [-0.15, -0.1) is 11.3 Å². The molecule has 0 amide bonds. The summed E-state index contributed by atoms with van der Waals surface area (Å²) in [5.74, 6) is 4.42. The summed E-state index contributed by atoms with van der Waals surface area (Å²) < 4.78 is 15.5. The first-order chi connectivity index (χ1) is 26.5. The zero-order valence-electron chi connectivity index (χ0n) is 29.6. The molecule has 54 heavy (non-hydrogen) atoms. The molecule has 3 heterocycles. The molecule has 0 radical (unpaired) electrons. The van der Waals surface area contributed by atoms with E-state index in [1.165, 1.54) is 42.4 Å². The Morgan fingerprint density at radius 2 is 1.24 bits per heavy atom. The summed E-state index contributed by atoms with van der Waals surface area (Å²) in [6.45, 7) is 4.55. The van der Waals surface area contributed by atoms with Crippen LogP contribution in [0.2, 0.25) is 0 Å². The molecule has 1 unspecified atom stereocenters. The van der Waals surface area contributed by atoms with Gasteiger partial charge in [-0.3, -0.25) is 0 Å². The van der Waals surface area contributed by atoms with Gasteiger partial charge in [0.15, 0.2) is 28.8 Å². The topological polar surface area (TPSA) is 55.2 Å². The van der Waals surface area contributed by atoms with E-state index in [-0.39, 0.29) is 11.6 Å². The number of hydrogen-bond donors (Lipinski definition) is 1. The molecule has 258 valence electrons. The number of nitrogens with zero attached hydrogens (tertiary/aromatic N) is 2. The predicted molar refractivity (Wildman–Crippen MR) is 221 cm³/mol. The van der Waals surface area contributed by atoms with Crippen LogP contribution >= 0.6 is 11.3 Å². The molecule has 1 atom stereocenters. The maximum atomic E-state index is 6.56. The highest BCUT2D eigenvalue weighted by Gasteiger charge is 2.37. The molecule has 0 bridgehead atoms. The molecule has 0 spiro atoms. The molecule has 0 fully saturated rings. The monoisotopic (exact) mass is 715 g/mol. The van der Waals surface area contributed by atoms with Crippen molar-refractivity contribution in [1.82, 2.24) is 5.32 Å². The fourth-order valence-corrected chi connectivity index (χ4v) is 9.32. The smallest absolute Gasteiger partial charge is 0.170 e. The third-order valence-corrected chi connectivity index (χ3v) is 12.2. The second kappa shape index (κ2) is 11.8. The van der Waals surface area contributed by atoms with Gasteiger partial charge in [-0.1, -0.05) is 129 Å². The van der Waals surface area contributed by atoms with Crippen molar-refractivity contribution >= 4 is 43.2 Å². The van der Waals surface area contributed by atoms with Crippen molar-refractivity contribution in [3.05, 3.63) is 179 Å². The number of rotatable bonds is 4. The van der Waals surface area contributed by atoms with Gasteiger partial charge < -0.3 is 14.8 Å². The van der Waals surface area contributed by atoms with Gasteiger partial charge in [0.1, 0.15) is 12.0 Å². The Morgan fingerprint density at radius 1 is 0.537 bits per heavy atom. The Balaban J connectivity index is 0.893. The average molecular weight is 716 g/mol. The van der Waals surface area contributed by atoms with Crippen molar-refractivity contribution in [3.63, 3.8) is 0 Å². The highest BCUT2D eigenvalue weighted by Crippen LogP contribution is 2.55. The number of benzene rings is 7. The van der Waals surface area contributed by atoms with Gasteiger partial charge in [-0.25, -0.2) is 9.98 Å². The van der Waals surface area contributed by atoms with E-state index in [2.05, 4.69) is 147 Å². The third kappa shape index (κ3) is 4.91. The van der Waals surface area contributed by atoms with Crippen LogP contribution in [0.5, 0.6) is 23.0 Å². The summed E-state index contributed by atoms with van der Waals surface area (Å²) in [4.78, 5) is 10.2. The summed E-state index contributed by atoms with van der Waals surface area (Å²) in [5, 5.41) is 6.20. The molecule has 11 rings (SSSR count). The molecule has 1 N–H and O–H groups in total. The molecule has 0 saturated heterocycles. The van der Waals surface area contributed by atoms with Gasteiger partial charge in [-0.2, -0.15) is 0 Å². The SMILES string of the molecule is CC1(C)c2ccccc2-c2cc3c(cc21)Oc1cc(-c2ccc(C4N=C(c5ccccc5)N=C(c5ccc6c(c5)sc5ccccc56)N4)cc2)ccc1O3. The van der Waals surface area contributed by atoms with Crippen molar-refractivity contribution < 1.29 is 9.47 Å². The zero-order valence-corrected chi connectivity index (χ0v) is 30.4. The lowest BCUT2D eigenvalue weighted by molar-refractivity contribution is 0.359. The largest absolute Gasteiger partial charge is 0.449 e. The summed E-state index contributed by atoms with van der Waals surface area (Å²) in [6.07, 6.45) is -0.311. The Labute approximate surface area is 316 Å². The predicted octanol–water partition coefficient (Wildman–Crippen LogP) is 12.4. The first-order valence-corrected chi connectivity index (χ1v) is 19.1. The molecule has 1 aromatic heterocycles. The van der Waals surface area contributed by atoms with Gasteiger partial charge in [0.05, 0.1) is 0 Å². The van der Waals surface area contributed by atoms with E-state index in [0.717, 1.165) is 45.2 Å². The lowest BCUT2D eigenvalue weighted by Crippen LogP contribution is -2.33. The molecule has 3 aliphatic rings. The molecule has 5 nitrogen and oxygen atoms in total. The quantitative estimate of drug-likeness (QED) is 0.197. The number of thiophene rings is 1. The normalized spacial score (nSPS) is 16.2. The number of aliphatic imine (C=N–C) groups is 2. The van der Waals surface area contributed by atoms with Crippen LogP contribution in [-0.2, 0) is 5.41 Å². The first kappa shape index (κ1) is 31.1. The van der Waals surface area contributed by atoms with E-state index in [9.17, 15) is 0 Å². The van der Waals surface area contributed by atoms with E-state index in [0.29, 0.717) is 17.3 Å². The number of amidine groups is 2. The molecule has 8 aromatic rings. The Morgan fingerprint density at radius 3 is 2.13 bits per heavy atom. The van der Waals surface area contributed by atoms with Crippen molar-refractivity contribution in [2.24, 2.45) is 9.98 Å². The van der Waals surface area contributed by atoms with Crippen LogP contribution < -0.4 is 14.8 Å². The number of hydrogen-bond acceptors (Lipinski definition) is 6. The standard InChI is InChI=1S/C48H33N3O2S/c1-48(2)37-14-8-6-12-33(37)36-26-41-42(27-38(36)48)53-40-24-31(21-23-39(40)52-41)28-16-18-30(19-17-28)46-49-45(29-10-4-3-5-11-29)50-47(51-46)32-20-22-35-34-13-7-9-15-43(34)54-44(35)25-32/h3-27,46H,1-2H3,(H,49,50,51). The zero-order chi connectivity index (χ0) is 36.0. The summed E-state index contributed by atoms with van der Waals surface area (Å²) in [7, 11) is 0. The lowest BCUT2D eigenvalue weighted by Gasteiger charge is -2.25. The van der Waals surface area contributed by atoms with Crippen LogP contribution in [0.25, 0.3) is 42.4 Å². The van der Waals surface area contributed by atoms with Crippen LogP contribution in [0.1, 0.15) is 47.8 Å². The second-order valence-electron chi connectivity index (χ2n) is 14.6. The van der Waals surface area contributed by atoms with Crippen molar-refractivity contribution in [3.8, 4) is 45.3 Å². The Kier molecular flexibility index (Phi) is 6.76. The van der Waals surface area contributed by atoms with E-state index >= 15 is 0 Å². The van der Waals surface area contributed by atoms with Crippen LogP contribution in [0, 0.1) is 0 Å². The van der Waals surface area contributed by atoms with E-state index in [4.69, 9.17) is 19.5 Å². The number of ether oxygens (including phenoxy) is 2. The molecule has 1 aliphatic carbocycles.